The van der Waals surface area contributed by atoms with Gasteiger partial charge < -0.3 is 0 Å². The van der Waals surface area contributed by atoms with E-state index < -0.39 is 0 Å². The number of hydrogen-bond donors (Lipinski definition) is 0. The second-order valence-corrected chi connectivity index (χ2v) is 4.74. The summed E-state index contributed by atoms with van der Waals surface area (Å²) in [5, 5.41) is 0. The first-order valence-electron chi connectivity index (χ1n) is 5.40. The van der Waals surface area contributed by atoms with Gasteiger partial charge >= 0.3 is 0 Å². The van der Waals surface area contributed by atoms with E-state index >= 15 is 0 Å². The molecule has 1 fully saturated rings. The summed E-state index contributed by atoms with van der Waals surface area (Å²) in [4.78, 5) is 0. The first kappa shape index (κ1) is 10.0. The third-order valence-electron chi connectivity index (χ3n) is 3.65. The second kappa shape index (κ2) is 3.94. The zero-order valence-electron chi connectivity index (χ0n) is 8.67. The molecule has 0 spiro atoms. The number of alkyl halides is 1. The molecule has 0 radical (unpaired) electrons. The first-order valence-corrected chi connectivity index (χ1v) is 5.94. The fraction of sp³-hybridized carbons (Fsp3) is 0.538. The quantitative estimate of drug-likeness (QED) is 0.659. The molecule has 0 amide bonds. The van der Waals surface area contributed by atoms with Crippen LogP contribution >= 0.6 is 11.6 Å². The number of benzene rings is 1. The van der Waals surface area contributed by atoms with Gasteiger partial charge in [-0.2, -0.15) is 0 Å². The molecular formula is C13H17Cl. The van der Waals surface area contributed by atoms with Crippen molar-refractivity contribution < 1.29 is 0 Å². The molecule has 14 heavy (non-hydrogen) atoms. The molecule has 0 aliphatic heterocycles. The van der Waals surface area contributed by atoms with Crippen LogP contribution in [0.4, 0.5) is 0 Å². The van der Waals surface area contributed by atoms with Crippen LogP contribution in [0.3, 0.4) is 0 Å². The molecule has 76 valence electrons. The Morgan fingerprint density at radius 2 is 2.07 bits per heavy atom. The predicted octanol–water partition coefficient (Wildman–Crippen LogP) is 3.88. The normalized spacial score (nSPS) is 30.3. The van der Waals surface area contributed by atoms with Crippen LogP contribution in [0.1, 0.15) is 25.3 Å². The molecule has 0 N–H and O–H groups in total. The third kappa shape index (κ3) is 1.81. The second-order valence-electron chi connectivity index (χ2n) is 4.43. The topological polar surface area (TPSA) is 0 Å². The van der Waals surface area contributed by atoms with Crippen LogP contribution in [0.15, 0.2) is 30.3 Å². The molecule has 2 atom stereocenters. The van der Waals surface area contributed by atoms with E-state index in [0.29, 0.717) is 5.41 Å². The summed E-state index contributed by atoms with van der Waals surface area (Å²) in [6, 6.07) is 10.8. The number of rotatable bonds is 4. The summed E-state index contributed by atoms with van der Waals surface area (Å²) < 4.78 is 0. The van der Waals surface area contributed by atoms with Crippen LogP contribution < -0.4 is 0 Å². The summed E-state index contributed by atoms with van der Waals surface area (Å²) in [5.41, 5.74) is 1.99. The lowest BCUT2D eigenvalue weighted by atomic mass is 9.92. The molecule has 1 aliphatic rings. The SMILES string of the molecule is CCC1(Cc2ccccc2)CC1CCl. The van der Waals surface area contributed by atoms with Gasteiger partial charge in [0.05, 0.1) is 0 Å². The maximum absolute atomic E-state index is 5.93. The van der Waals surface area contributed by atoms with Gasteiger partial charge in [-0.05, 0) is 36.2 Å². The summed E-state index contributed by atoms with van der Waals surface area (Å²) >= 11 is 5.93. The highest BCUT2D eigenvalue weighted by molar-refractivity contribution is 6.18. The van der Waals surface area contributed by atoms with Crippen LogP contribution in [0.25, 0.3) is 0 Å². The van der Waals surface area contributed by atoms with Crippen molar-refractivity contribution in [2.75, 3.05) is 5.88 Å². The molecule has 0 heterocycles. The molecule has 0 nitrogen and oxygen atoms in total. The highest BCUT2D eigenvalue weighted by Gasteiger charge is 2.51. The molecule has 0 saturated heterocycles. The van der Waals surface area contributed by atoms with Crippen LogP contribution in [0.5, 0.6) is 0 Å². The molecule has 0 aromatic heterocycles. The third-order valence-corrected chi connectivity index (χ3v) is 4.02. The highest BCUT2D eigenvalue weighted by Crippen LogP contribution is 2.57. The molecule has 1 heteroatoms. The maximum atomic E-state index is 5.93. The molecule has 1 aliphatic carbocycles. The van der Waals surface area contributed by atoms with Gasteiger partial charge in [0.15, 0.2) is 0 Å². The fourth-order valence-corrected chi connectivity index (χ4v) is 2.86. The van der Waals surface area contributed by atoms with Crippen molar-refractivity contribution >= 4 is 11.6 Å². The van der Waals surface area contributed by atoms with E-state index in [1.165, 1.54) is 24.8 Å². The largest absolute Gasteiger partial charge is 0.126 e. The van der Waals surface area contributed by atoms with Gasteiger partial charge in [0.25, 0.3) is 0 Å². The summed E-state index contributed by atoms with van der Waals surface area (Å²) in [5.74, 6) is 1.59. The molecule has 1 aromatic carbocycles. The van der Waals surface area contributed by atoms with Crippen molar-refractivity contribution in [1.82, 2.24) is 0 Å². The molecule has 0 bridgehead atoms. The zero-order chi connectivity index (χ0) is 10.0. The lowest BCUT2D eigenvalue weighted by Gasteiger charge is -2.14. The summed E-state index contributed by atoms with van der Waals surface area (Å²) in [6.07, 6.45) is 3.79. The maximum Gasteiger partial charge on any atom is 0.0257 e. The smallest absolute Gasteiger partial charge is 0.0257 e. The Morgan fingerprint density at radius 1 is 1.36 bits per heavy atom. The summed E-state index contributed by atoms with van der Waals surface area (Å²) in [6.45, 7) is 2.29. The minimum Gasteiger partial charge on any atom is -0.126 e. The fourth-order valence-electron chi connectivity index (χ4n) is 2.43. The van der Waals surface area contributed by atoms with E-state index in [9.17, 15) is 0 Å². The van der Waals surface area contributed by atoms with Crippen molar-refractivity contribution in [1.29, 1.82) is 0 Å². The van der Waals surface area contributed by atoms with E-state index in [2.05, 4.69) is 37.3 Å². The van der Waals surface area contributed by atoms with Crippen LogP contribution in [0, 0.1) is 11.3 Å². The average molecular weight is 209 g/mol. The number of hydrogen-bond acceptors (Lipinski definition) is 0. The van der Waals surface area contributed by atoms with Gasteiger partial charge in [0, 0.05) is 5.88 Å². The Hall–Kier alpha value is -0.490. The Bertz CT molecular complexity index is 293. The van der Waals surface area contributed by atoms with E-state index in [0.717, 1.165) is 11.8 Å². The van der Waals surface area contributed by atoms with E-state index in [1.807, 2.05) is 0 Å². The first-order chi connectivity index (χ1) is 6.80. The predicted molar refractivity (Wildman–Crippen MR) is 61.7 cm³/mol. The lowest BCUT2D eigenvalue weighted by Crippen LogP contribution is -2.07. The van der Waals surface area contributed by atoms with Crippen LogP contribution in [-0.2, 0) is 6.42 Å². The van der Waals surface area contributed by atoms with Crippen LogP contribution in [0.2, 0.25) is 0 Å². The van der Waals surface area contributed by atoms with E-state index in [1.54, 1.807) is 0 Å². The van der Waals surface area contributed by atoms with Gasteiger partial charge in [-0.15, -0.1) is 11.6 Å². The molecule has 1 saturated carbocycles. The van der Waals surface area contributed by atoms with Gasteiger partial charge in [-0.25, -0.2) is 0 Å². The van der Waals surface area contributed by atoms with Crippen molar-refractivity contribution in [3.63, 3.8) is 0 Å². The standard InChI is InChI=1S/C13H17Cl/c1-2-13(9-12(13)10-14)8-11-6-4-3-5-7-11/h3-7,12H,2,8-10H2,1H3. The molecule has 1 aromatic rings. The van der Waals surface area contributed by atoms with Crippen molar-refractivity contribution in [3.8, 4) is 0 Å². The van der Waals surface area contributed by atoms with E-state index in [-0.39, 0.29) is 0 Å². The Kier molecular flexibility index (Phi) is 2.83. The number of halogens is 1. The Balaban J connectivity index is 2.04. The molecular weight excluding hydrogens is 192 g/mol. The van der Waals surface area contributed by atoms with Gasteiger partial charge in [-0.1, -0.05) is 37.3 Å². The molecule has 2 unspecified atom stereocenters. The Labute approximate surface area is 91.3 Å². The van der Waals surface area contributed by atoms with Gasteiger partial charge in [0.2, 0.25) is 0 Å². The van der Waals surface area contributed by atoms with Crippen molar-refractivity contribution in [2.45, 2.75) is 26.2 Å². The monoisotopic (exact) mass is 208 g/mol. The van der Waals surface area contributed by atoms with E-state index in [4.69, 9.17) is 11.6 Å². The van der Waals surface area contributed by atoms with Crippen molar-refractivity contribution in [3.05, 3.63) is 35.9 Å². The highest BCUT2D eigenvalue weighted by atomic mass is 35.5. The minimum absolute atomic E-state index is 0.531. The van der Waals surface area contributed by atoms with Gasteiger partial charge in [-0.3, -0.25) is 0 Å². The minimum atomic E-state index is 0.531. The summed E-state index contributed by atoms with van der Waals surface area (Å²) in [7, 11) is 0. The molecule has 2 rings (SSSR count). The lowest BCUT2D eigenvalue weighted by molar-refractivity contribution is 0.448. The average Bonchev–Trinajstić information content (AvgIpc) is 2.94. The van der Waals surface area contributed by atoms with Gasteiger partial charge in [0.1, 0.15) is 0 Å². The van der Waals surface area contributed by atoms with Crippen LogP contribution in [-0.4, -0.2) is 5.88 Å². The zero-order valence-corrected chi connectivity index (χ0v) is 9.43. The Morgan fingerprint density at radius 3 is 2.57 bits per heavy atom. The van der Waals surface area contributed by atoms with Crippen molar-refractivity contribution in [2.24, 2.45) is 11.3 Å².